The molecule has 0 nitrogen and oxygen atoms in total. The lowest BCUT2D eigenvalue weighted by atomic mass is 9.64. The summed E-state index contributed by atoms with van der Waals surface area (Å²) >= 11 is 0. The highest BCUT2D eigenvalue weighted by atomic mass is 14.4. The van der Waals surface area contributed by atoms with Crippen molar-refractivity contribution in [1.29, 1.82) is 0 Å². The zero-order chi connectivity index (χ0) is 15.5. The second-order valence-corrected chi connectivity index (χ2v) is 9.57. The molecule has 3 fully saturated rings. The third kappa shape index (κ3) is 4.09. The van der Waals surface area contributed by atoms with Crippen molar-refractivity contribution in [3.63, 3.8) is 0 Å². The molecule has 0 aromatic heterocycles. The Morgan fingerprint density at radius 1 is 0.500 bits per heavy atom. The third-order valence-electron chi connectivity index (χ3n) is 8.09. The van der Waals surface area contributed by atoms with Crippen LogP contribution in [0.25, 0.3) is 0 Å². The van der Waals surface area contributed by atoms with Crippen LogP contribution in [0.15, 0.2) is 0 Å². The van der Waals surface area contributed by atoms with Gasteiger partial charge in [-0.1, -0.05) is 46.5 Å². The van der Waals surface area contributed by atoms with Crippen LogP contribution in [-0.4, -0.2) is 0 Å². The van der Waals surface area contributed by atoms with E-state index < -0.39 is 0 Å². The summed E-state index contributed by atoms with van der Waals surface area (Å²) in [7, 11) is 0. The topological polar surface area (TPSA) is 0 Å². The van der Waals surface area contributed by atoms with E-state index in [1.165, 1.54) is 38.5 Å². The summed E-state index contributed by atoms with van der Waals surface area (Å²) in [6.07, 6.45) is 18.4. The molecule has 1 unspecified atom stereocenters. The van der Waals surface area contributed by atoms with Crippen molar-refractivity contribution in [2.75, 3.05) is 0 Å². The highest BCUT2D eigenvalue weighted by Gasteiger charge is 2.34. The molecule has 0 amide bonds. The Labute approximate surface area is 139 Å². The van der Waals surface area contributed by atoms with Crippen LogP contribution >= 0.6 is 0 Å². The molecule has 0 saturated heterocycles. The summed E-state index contributed by atoms with van der Waals surface area (Å²) in [4.78, 5) is 0. The highest BCUT2D eigenvalue weighted by molar-refractivity contribution is 4.85. The Morgan fingerprint density at radius 3 is 1.27 bits per heavy atom. The Kier molecular flexibility index (Phi) is 5.91. The molecule has 0 aromatic rings. The molecule has 3 rings (SSSR count). The van der Waals surface area contributed by atoms with E-state index in [0.29, 0.717) is 0 Å². The van der Waals surface area contributed by atoms with Gasteiger partial charge >= 0.3 is 0 Å². The van der Waals surface area contributed by atoms with Gasteiger partial charge in [-0.2, -0.15) is 0 Å². The first-order chi connectivity index (χ1) is 10.6. The number of rotatable bonds is 3. The highest BCUT2D eigenvalue weighted by Crippen LogP contribution is 2.45. The maximum absolute atomic E-state index is 2.61. The van der Waals surface area contributed by atoms with Crippen LogP contribution in [0.3, 0.4) is 0 Å². The molecule has 1 atom stereocenters. The first-order valence-electron chi connectivity index (χ1n) is 10.6. The normalized spacial score (nSPS) is 45.4. The molecular weight excluding hydrogens is 264 g/mol. The molecule has 0 spiro atoms. The summed E-state index contributed by atoms with van der Waals surface area (Å²) < 4.78 is 0. The molecule has 0 heterocycles. The Bertz CT molecular complexity index is 309. The molecule has 0 radical (unpaired) electrons. The predicted octanol–water partition coefficient (Wildman–Crippen LogP) is 7.08. The van der Waals surface area contributed by atoms with Gasteiger partial charge in [-0.25, -0.2) is 0 Å². The molecular formula is C22H40. The van der Waals surface area contributed by atoms with Gasteiger partial charge in [-0.15, -0.1) is 0 Å². The van der Waals surface area contributed by atoms with Crippen molar-refractivity contribution >= 4 is 0 Å². The van der Waals surface area contributed by atoms with Gasteiger partial charge in [0.25, 0.3) is 0 Å². The minimum absolute atomic E-state index is 1.01. The first-order valence-corrected chi connectivity index (χ1v) is 10.6. The van der Waals surface area contributed by atoms with Gasteiger partial charge in [0.2, 0.25) is 0 Å². The summed E-state index contributed by atoms with van der Waals surface area (Å²) in [6, 6.07) is 0. The first kappa shape index (κ1) is 16.8. The standard InChI is InChI=1S/C22H40/c1-16-4-8-19(9-5-16)18(3)20-12-14-22(15-13-20)21-10-6-17(2)7-11-21/h16-22H,4-15H2,1-3H3. The van der Waals surface area contributed by atoms with Crippen LogP contribution < -0.4 is 0 Å². The minimum Gasteiger partial charge on any atom is -0.0625 e. The van der Waals surface area contributed by atoms with E-state index in [9.17, 15) is 0 Å². The smallest absolute Gasteiger partial charge is 0.0386 e. The molecule has 3 aliphatic rings. The lowest BCUT2D eigenvalue weighted by Crippen LogP contribution is -2.30. The maximum Gasteiger partial charge on any atom is -0.0386 e. The fraction of sp³-hybridized carbons (Fsp3) is 1.00. The van der Waals surface area contributed by atoms with Crippen LogP contribution in [-0.2, 0) is 0 Å². The van der Waals surface area contributed by atoms with E-state index >= 15 is 0 Å². The van der Waals surface area contributed by atoms with Crippen molar-refractivity contribution in [3.8, 4) is 0 Å². The fourth-order valence-electron chi connectivity index (χ4n) is 6.10. The van der Waals surface area contributed by atoms with E-state index in [2.05, 4.69) is 20.8 Å². The largest absolute Gasteiger partial charge is 0.0625 e. The molecule has 0 aliphatic heterocycles. The molecule has 0 bridgehead atoms. The van der Waals surface area contributed by atoms with Gasteiger partial charge in [0, 0.05) is 0 Å². The van der Waals surface area contributed by atoms with Crippen LogP contribution in [0.5, 0.6) is 0 Å². The zero-order valence-corrected chi connectivity index (χ0v) is 15.5. The van der Waals surface area contributed by atoms with Gasteiger partial charge in [-0.3, -0.25) is 0 Å². The minimum atomic E-state index is 1.01. The summed E-state index contributed by atoms with van der Waals surface area (Å²) in [5.74, 6) is 7.37. The molecule has 0 heteroatoms. The quantitative estimate of drug-likeness (QED) is 0.522. The van der Waals surface area contributed by atoms with Crippen molar-refractivity contribution in [1.82, 2.24) is 0 Å². The summed E-state index contributed by atoms with van der Waals surface area (Å²) in [5.41, 5.74) is 0. The fourth-order valence-corrected chi connectivity index (χ4v) is 6.10. The van der Waals surface area contributed by atoms with Gasteiger partial charge in [0.05, 0.1) is 0 Å². The van der Waals surface area contributed by atoms with E-state index in [0.717, 1.165) is 41.4 Å². The van der Waals surface area contributed by atoms with E-state index in [4.69, 9.17) is 0 Å². The van der Waals surface area contributed by atoms with Crippen LogP contribution in [0.1, 0.15) is 97.8 Å². The van der Waals surface area contributed by atoms with Crippen LogP contribution in [0.4, 0.5) is 0 Å². The van der Waals surface area contributed by atoms with Crippen molar-refractivity contribution in [2.45, 2.75) is 97.8 Å². The van der Waals surface area contributed by atoms with Crippen molar-refractivity contribution < 1.29 is 0 Å². The summed E-state index contributed by atoms with van der Waals surface area (Å²) in [5, 5.41) is 0. The average Bonchev–Trinajstić information content (AvgIpc) is 2.56. The Hall–Kier alpha value is 0. The van der Waals surface area contributed by atoms with Gasteiger partial charge in [0.15, 0.2) is 0 Å². The van der Waals surface area contributed by atoms with Gasteiger partial charge in [-0.05, 0) is 92.8 Å². The third-order valence-corrected chi connectivity index (χ3v) is 8.09. The molecule has 3 aliphatic carbocycles. The lowest BCUT2D eigenvalue weighted by Gasteiger charge is -2.41. The molecule has 22 heavy (non-hydrogen) atoms. The lowest BCUT2D eigenvalue weighted by molar-refractivity contribution is 0.0970. The maximum atomic E-state index is 2.61. The zero-order valence-electron chi connectivity index (χ0n) is 15.5. The summed E-state index contributed by atoms with van der Waals surface area (Å²) in [6.45, 7) is 7.52. The molecule has 3 saturated carbocycles. The van der Waals surface area contributed by atoms with Crippen molar-refractivity contribution in [3.05, 3.63) is 0 Å². The number of hydrogen-bond acceptors (Lipinski definition) is 0. The molecule has 128 valence electrons. The predicted molar refractivity (Wildman–Crippen MR) is 96.9 cm³/mol. The Morgan fingerprint density at radius 2 is 0.818 bits per heavy atom. The molecule has 0 aromatic carbocycles. The van der Waals surface area contributed by atoms with E-state index in [-0.39, 0.29) is 0 Å². The van der Waals surface area contributed by atoms with E-state index in [1.807, 2.05) is 0 Å². The SMILES string of the molecule is CC1CCC(C2CCC(C(C)C3CCC(C)CC3)CC2)CC1. The number of hydrogen-bond donors (Lipinski definition) is 0. The van der Waals surface area contributed by atoms with Crippen LogP contribution in [0.2, 0.25) is 0 Å². The van der Waals surface area contributed by atoms with Gasteiger partial charge in [0.1, 0.15) is 0 Å². The average molecular weight is 305 g/mol. The second-order valence-electron chi connectivity index (χ2n) is 9.57. The monoisotopic (exact) mass is 304 g/mol. The van der Waals surface area contributed by atoms with Crippen molar-refractivity contribution in [2.24, 2.45) is 41.4 Å². The van der Waals surface area contributed by atoms with Crippen LogP contribution in [0, 0.1) is 41.4 Å². The molecule has 0 N–H and O–H groups in total. The second kappa shape index (κ2) is 7.71. The van der Waals surface area contributed by atoms with Gasteiger partial charge < -0.3 is 0 Å². The Balaban J connectivity index is 1.43. The van der Waals surface area contributed by atoms with E-state index in [1.54, 1.807) is 38.5 Å².